The average Bonchev–Trinajstić information content (AvgIpc) is 2.89. The lowest BCUT2D eigenvalue weighted by molar-refractivity contribution is -0.117. The summed E-state index contributed by atoms with van der Waals surface area (Å²) in [7, 11) is 0. The van der Waals surface area contributed by atoms with Crippen LogP contribution in [0.15, 0.2) is 102 Å². The molecule has 2 atom stereocenters. The highest BCUT2D eigenvalue weighted by atomic mass is 32.2. The van der Waals surface area contributed by atoms with Gasteiger partial charge in [0.2, 0.25) is 5.91 Å². The van der Waals surface area contributed by atoms with Crippen LogP contribution in [0.5, 0.6) is 0 Å². The molecule has 2 nitrogen and oxygen atoms in total. The first-order chi connectivity index (χ1) is 13.8. The SMILES string of the molecule is O=C1Nc2ccccc2S[C@@H](c2cccc3ccccc23)[C@@H]1c1ccccc1. The second kappa shape index (κ2) is 7.17. The van der Waals surface area contributed by atoms with Crippen molar-refractivity contribution in [3.8, 4) is 0 Å². The first-order valence-corrected chi connectivity index (χ1v) is 10.3. The third-order valence-electron chi connectivity index (χ3n) is 5.27. The van der Waals surface area contributed by atoms with Crippen LogP contribution in [0.3, 0.4) is 0 Å². The molecule has 0 radical (unpaired) electrons. The Morgan fingerprint density at radius 3 is 2.32 bits per heavy atom. The average molecular weight is 382 g/mol. The highest BCUT2D eigenvalue weighted by molar-refractivity contribution is 7.99. The third-order valence-corrected chi connectivity index (χ3v) is 6.66. The number of rotatable bonds is 2. The number of para-hydroxylation sites is 1. The van der Waals surface area contributed by atoms with Crippen molar-refractivity contribution in [3.63, 3.8) is 0 Å². The molecule has 0 fully saturated rings. The number of carbonyl (C=O) groups excluding carboxylic acids is 1. The van der Waals surface area contributed by atoms with Crippen molar-refractivity contribution in [3.05, 3.63) is 108 Å². The van der Waals surface area contributed by atoms with Gasteiger partial charge in [-0.3, -0.25) is 4.79 Å². The second-order valence-corrected chi connectivity index (χ2v) is 8.16. The van der Waals surface area contributed by atoms with Crippen molar-refractivity contribution in [1.29, 1.82) is 0 Å². The summed E-state index contributed by atoms with van der Waals surface area (Å²) >= 11 is 1.77. The van der Waals surface area contributed by atoms with Gasteiger partial charge >= 0.3 is 0 Å². The van der Waals surface area contributed by atoms with Gasteiger partial charge in [-0.1, -0.05) is 84.9 Å². The van der Waals surface area contributed by atoms with Gasteiger partial charge in [0, 0.05) is 4.90 Å². The maximum absolute atomic E-state index is 13.4. The monoisotopic (exact) mass is 381 g/mol. The molecule has 0 unspecified atom stereocenters. The number of fused-ring (bicyclic) bond motifs is 2. The summed E-state index contributed by atoms with van der Waals surface area (Å²) in [6.07, 6.45) is 0. The summed E-state index contributed by atoms with van der Waals surface area (Å²) in [4.78, 5) is 14.5. The lowest BCUT2D eigenvalue weighted by atomic mass is 9.88. The molecule has 4 aromatic rings. The van der Waals surface area contributed by atoms with Gasteiger partial charge in [-0.15, -0.1) is 11.8 Å². The predicted molar refractivity (Wildman–Crippen MR) is 117 cm³/mol. The number of hydrogen-bond acceptors (Lipinski definition) is 2. The van der Waals surface area contributed by atoms with E-state index in [2.05, 4.69) is 66.0 Å². The molecule has 5 rings (SSSR count). The summed E-state index contributed by atoms with van der Waals surface area (Å²) in [5.74, 6) is -0.231. The molecule has 0 bridgehead atoms. The molecule has 1 amide bonds. The Kier molecular flexibility index (Phi) is 4.38. The topological polar surface area (TPSA) is 29.1 Å². The molecule has 1 aliphatic rings. The highest BCUT2D eigenvalue weighted by Crippen LogP contribution is 2.51. The number of thioether (sulfide) groups is 1. The van der Waals surface area contributed by atoms with E-state index < -0.39 is 0 Å². The Morgan fingerprint density at radius 1 is 0.714 bits per heavy atom. The first-order valence-electron chi connectivity index (χ1n) is 9.40. The van der Waals surface area contributed by atoms with Crippen molar-refractivity contribution in [2.45, 2.75) is 16.1 Å². The van der Waals surface area contributed by atoms with Crippen LogP contribution >= 0.6 is 11.8 Å². The molecule has 0 saturated heterocycles. The van der Waals surface area contributed by atoms with Crippen molar-refractivity contribution in [2.24, 2.45) is 0 Å². The number of amides is 1. The molecule has 0 spiro atoms. The molecule has 0 aromatic heterocycles. The van der Waals surface area contributed by atoms with Gasteiger partial charge in [-0.25, -0.2) is 0 Å². The molecule has 1 N–H and O–H groups in total. The fourth-order valence-corrected chi connectivity index (χ4v) is 5.38. The Balaban J connectivity index is 1.74. The first kappa shape index (κ1) is 17.1. The summed E-state index contributed by atoms with van der Waals surface area (Å²) in [6, 6.07) is 33.0. The van der Waals surface area contributed by atoms with Crippen LogP contribution in [0.2, 0.25) is 0 Å². The number of anilines is 1. The number of hydrogen-bond donors (Lipinski definition) is 1. The van der Waals surface area contributed by atoms with Crippen molar-refractivity contribution in [2.75, 3.05) is 5.32 Å². The number of nitrogens with one attached hydrogen (secondary N) is 1. The minimum Gasteiger partial charge on any atom is -0.324 e. The molecule has 3 heteroatoms. The van der Waals surface area contributed by atoms with Gasteiger partial charge in [-0.2, -0.15) is 0 Å². The maximum atomic E-state index is 13.4. The van der Waals surface area contributed by atoms with E-state index in [-0.39, 0.29) is 17.1 Å². The Labute approximate surface area is 168 Å². The van der Waals surface area contributed by atoms with Crippen molar-refractivity contribution >= 4 is 34.1 Å². The van der Waals surface area contributed by atoms with Gasteiger partial charge in [-0.05, 0) is 34.0 Å². The van der Waals surface area contributed by atoms with Gasteiger partial charge in [0.15, 0.2) is 0 Å². The quantitative estimate of drug-likeness (QED) is 0.435. The second-order valence-electron chi connectivity index (χ2n) is 6.98. The molecule has 0 aliphatic carbocycles. The largest absolute Gasteiger partial charge is 0.324 e. The Hall–Kier alpha value is -3.04. The van der Waals surface area contributed by atoms with E-state index in [1.165, 1.54) is 16.3 Å². The summed E-state index contributed by atoms with van der Waals surface area (Å²) in [5.41, 5.74) is 3.13. The lowest BCUT2D eigenvalue weighted by Crippen LogP contribution is -2.23. The summed E-state index contributed by atoms with van der Waals surface area (Å²) in [5, 5.41) is 5.55. The van der Waals surface area contributed by atoms with Gasteiger partial charge in [0.1, 0.15) is 0 Å². The van der Waals surface area contributed by atoms with Gasteiger partial charge in [0.05, 0.1) is 16.9 Å². The van der Waals surface area contributed by atoms with Crippen LogP contribution in [0, 0.1) is 0 Å². The predicted octanol–water partition coefficient (Wildman–Crippen LogP) is 6.41. The normalized spacial score (nSPS) is 18.9. The minimum absolute atomic E-state index is 0.0165. The fraction of sp³-hybridized carbons (Fsp3) is 0.0800. The third kappa shape index (κ3) is 2.98. The van der Waals surface area contributed by atoms with E-state index in [1.807, 2.05) is 36.4 Å². The zero-order valence-electron chi connectivity index (χ0n) is 15.2. The van der Waals surface area contributed by atoms with Crippen LogP contribution in [-0.4, -0.2) is 5.91 Å². The molecule has 0 saturated carbocycles. The van der Waals surface area contributed by atoms with Gasteiger partial charge in [0.25, 0.3) is 0 Å². The Morgan fingerprint density at radius 2 is 1.43 bits per heavy atom. The van der Waals surface area contributed by atoms with Crippen LogP contribution in [0.1, 0.15) is 22.3 Å². The Bertz CT molecular complexity index is 1150. The van der Waals surface area contributed by atoms with Crippen LogP contribution in [0.25, 0.3) is 10.8 Å². The van der Waals surface area contributed by atoms with Gasteiger partial charge < -0.3 is 5.32 Å². The number of benzene rings is 4. The highest BCUT2D eigenvalue weighted by Gasteiger charge is 2.36. The molecule has 28 heavy (non-hydrogen) atoms. The van der Waals surface area contributed by atoms with Crippen molar-refractivity contribution in [1.82, 2.24) is 0 Å². The lowest BCUT2D eigenvalue weighted by Gasteiger charge is -2.25. The van der Waals surface area contributed by atoms with Crippen LogP contribution in [-0.2, 0) is 4.79 Å². The van der Waals surface area contributed by atoms with E-state index >= 15 is 0 Å². The summed E-state index contributed by atoms with van der Waals surface area (Å²) < 4.78 is 0. The van der Waals surface area contributed by atoms with Crippen LogP contribution < -0.4 is 5.32 Å². The van der Waals surface area contributed by atoms with Crippen molar-refractivity contribution < 1.29 is 4.79 Å². The number of carbonyl (C=O) groups is 1. The smallest absolute Gasteiger partial charge is 0.233 e. The minimum atomic E-state index is -0.274. The van der Waals surface area contributed by atoms with E-state index in [9.17, 15) is 4.79 Å². The molecule has 4 aromatic carbocycles. The van der Waals surface area contributed by atoms with E-state index in [0.29, 0.717) is 0 Å². The fourth-order valence-electron chi connectivity index (χ4n) is 3.95. The molecule has 136 valence electrons. The zero-order valence-corrected chi connectivity index (χ0v) is 16.0. The summed E-state index contributed by atoms with van der Waals surface area (Å²) in [6.45, 7) is 0. The molecular weight excluding hydrogens is 362 g/mol. The van der Waals surface area contributed by atoms with E-state index in [0.717, 1.165) is 16.1 Å². The van der Waals surface area contributed by atoms with E-state index in [1.54, 1.807) is 11.8 Å². The molecule has 1 heterocycles. The van der Waals surface area contributed by atoms with Crippen LogP contribution in [0.4, 0.5) is 5.69 Å². The standard InChI is InChI=1S/C25H19NOS/c27-25-23(18-10-2-1-3-11-18)24(28-22-16-7-6-15-21(22)26-25)20-14-8-12-17-9-4-5-13-19(17)20/h1-16,23-24H,(H,26,27)/t23-,24-/m0/s1. The van der Waals surface area contributed by atoms with E-state index in [4.69, 9.17) is 0 Å². The molecular formula is C25H19NOS. The zero-order chi connectivity index (χ0) is 18.9. The molecule has 1 aliphatic heterocycles. The maximum Gasteiger partial charge on any atom is 0.233 e.